The van der Waals surface area contributed by atoms with Gasteiger partial charge in [-0.25, -0.2) is 0 Å². The molecule has 0 amide bonds. The van der Waals surface area contributed by atoms with Crippen LogP contribution < -0.4 is 11.1 Å². The second-order valence-electron chi connectivity index (χ2n) is 3.41. The van der Waals surface area contributed by atoms with Gasteiger partial charge in [-0.05, 0) is 37.8 Å². The summed E-state index contributed by atoms with van der Waals surface area (Å²) in [5.41, 5.74) is 5.80. The second kappa shape index (κ2) is 1.96. The highest BCUT2D eigenvalue weighted by Crippen LogP contribution is 2.32. The van der Waals surface area contributed by atoms with E-state index in [-0.39, 0.29) is 0 Å². The first kappa shape index (κ1) is 5.69. The van der Waals surface area contributed by atoms with Crippen LogP contribution in [0.1, 0.15) is 12.8 Å². The molecule has 0 spiro atoms. The summed E-state index contributed by atoms with van der Waals surface area (Å²) in [5, 5.41) is 3.39. The molecule has 2 rings (SSSR count). The van der Waals surface area contributed by atoms with Crippen LogP contribution in [0.25, 0.3) is 0 Å². The van der Waals surface area contributed by atoms with Gasteiger partial charge in [0.1, 0.15) is 0 Å². The first-order valence-corrected chi connectivity index (χ1v) is 3.82. The number of hydrogen-bond acceptors (Lipinski definition) is 2. The molecule has 0 unspecified atom stereocenters. The van der Waals surface area contributed by atoms with Crippen LogP contribution >= 0.6 is 0 Å². The van der Waals surface area contributed by atoms with Crippen molar-refractivity contribution < 1.29 is 0 Å². The summed E-state index contributed by atoms with van der Waals surface area (Å²) in [7, 11) is 0. The molecule has 3 N–H and O–H groups in total. The van der Waals surface area contributed by atoms with Gasteiger partial charge < -0.3 is 11.1 Å². The van der Waals surface area contributed by atoms with Gasteiger partial charge in [0.25, 0.3) is 0 Å². The summed E-state index contributed by atoms with van der Waals surface area (Å²) in [6.07, 6.45) is 2.52. The lowest BCUT2D eigenvalue weighted by atomic mass is 10.0. The lowest BCUT2D eigenvalue weighted by molar-refractivity contribution is 0.494. The molecule has 2 aliphatic rings. The van der Waals surface area contributed by atoms with Gasteiger partial charge in [-0.15, -0.1) is 0 Å². The van der Waals surface area contributed by atoms with Crippen molar-refractivity contribution in [1.29, 1.82) is 0 Å². The molecule has 1 heterocycles. The normalized spacial score (nSPS) is 49.7. The van der Waals surface area contributed by atoms with E-state index in [1.165, 1.54) is 25.9 Å². The van der Waals surface area contributed by atoms with E-state index in [2.05, 4.69) is 5.32 Å². The van der Waals surface area contributed by atoms with E-state index in [1.807, 2.05) is 0 Å². The average molecular weight is 126 g/mol. The molecule has 9 heavy (non-hydrogen) atoms. The van der Waals surface area contributed by atoms with Gasteiger partial charge in [0.05, 0.1) is 0 Å². The fourth-order valence-electron chi connectivity index (χ4n) is 2.21. The topological polar surface area (TPSA) is 38.0 Å². The van der Waals surface area contributed by atoms with Gasteiger partial charge in [0, 0.05) is 6.04 Å². The smallest absolute Gasteiger partial charge is 0.00452 e. The third-order valence-corrected chi connectivity index (χ3v) is 2.69. The molecule has 2 heteroatoms. The third kappa shape index (κ3) is 0.864. The van der Waals surface area contributed by atoms with Crippen molar-refractivity contribution >= 4 is 0 Å². The molecule has 0 aromatic carbocycles. The Balaban J connectivity index is 2.02. The Hall–Kier alpha value is -0.0800. The van der Waals surface area contributed by atoms with E-state index >= 15 is 0 Å². The van der Waals surface area contributed by atoms with Gasteiger partial charge in [0.15, 0.2) is 0 Å². The number of fused-ring (bicyclic) bond motifs is 1. The van der Waals surface area contributed by atoms with Crippen molar-refractivity contribution in [3.63, 3.8) is 0 Å². The first-order chi connectivity index (χ1) is 4.36. The van der Waals surface area contributed by atoms with Crippen molar-refractivity contribution in [2.75, 3.05) is 13.1 Å². The quantitative estimate of drug-likeness (QED) is 0.477. The molecule has 1 saturated heterocycles. The molecule has 2 nitrogen and oxygen atoms in total. The van der Waals surface area contributed by atoms with Crippen molar-refractivity contribution in [3.05, 3.63) is 0 Å². The highest BCUT2D eigenvalue weighted by atomic mass is 14.9. The standard InChI is InChI=1S/C7H14N2/c8-7-1-5-3-9-4-6(5)2-7/h5-7,9H,1-4,8H2/t5-,6+,7-. The molecule has 1 aliphatic carbocycles. The number of hydrogen-bond donors (Lipinski definition) is 2. The maximum Gasteiger partial charge on any atom is 0.00452 e. The maximum absolute atomic E-state index is 5.80. The Labute approximate surface area is 55.8 Å². The zero-order valence-electron chi connectivity index (χ0n) is 5.64. The minimum atomic E-state index is 0.516. The summed E-state index contributed by atoms with van der Waals surface area (Å²) in [5.74, 6) is 1.83. The van der Waals surface area contributed by atoms with Gasteiger partial charge in [-0.3, -0.25) is 0 Å². The third-order valence-electron chi connectivity index (χ3n) is 2.69. The molecule has 1 aliphatic heterocycles. The van der Waals surface area contributed by atoms with E-state index < -0.39 is 0 Å². The van der Waals surface area contributed by atoms with E-state index in [1.54, 1.807) is 0 Å². The zero-order valence-corrected chi connectivity index (χ0v) is 5.64. The fraction of sp³-hybridized carbons (Fsp3) is 1.00. The second-order valence-corrected chi connectivity index (χ2v) is 3.41. The maximum atomic E-state index is 5.80. The number of nitrogens with two attached hydrogens (primary N) is 1. The van der Waals surface area contributed by atoms with Crippen molar-refractivity contribution in [1.82, 2.24) is 5.32 Å². The molecule has 1 saturated carbocycles. The highest BCUT2D eigenvalue weighted by Gasteiger charge is 2.35. The van der Waals surface area contributed by atoms with Crippen LogP contribution in [0.3, 0.4) is 0 Å². The molecule has 0 bridgehead atoms. The highest BCUT2D eigenvalue weighted by molar-refractivity contribution is 4.91. The minimum absolute atomic E-state index is 0.516. The van der Waals surface area contributed by atoms with Gasteiger partial charge in [0.2, 0.25) is 0 Å². The summed E-state index contributed by atoms with van der Waals surface area (Å²) in [6.45, 7) is 2.44. The van der Waals surface area contributed by atoms with E-state index in [0.717, 1.165) is 11.8 Å². The lowest BCUT2D eigenvalue weighted by Crippen LogP contribution is -2.20. The Kier molecular flexibility index (Phi) is 1.24. The molecule has 0 radical (unpaired) electrons. The van der Waals surface area contributed by atoms with Crippen LogP contribution in [0.2, 0.25) is 0 Å². The largest absolute Gasteiger partial charge is 0.328 e. The molecule has 52 valence electrons. The van der Waals surface area contributed by atoms with E-state index in [9.17, 15) is 0 Å². The SMILES string of the molecule is N[C@H]1C[C@H]2CNC[C@H]2C1. The molecule has 0 aromatic heterocycles. The van der Waals surface area contributed by atoms with Crippen molar-refractivity contribution in [2.45, 2.75) is 18.9 Å². The summed E-state index contributed by atoms with van der Waals surface area (Å²) in [6, 6.07) is 0.516. The molecular weight excluding hydrogens is 112 g/mol. The Bertz CT molecular complexity index is 101. The summed E-state index contributed by atoms with van der Waals surface area (Å²) < 4.78 is 0. The van der Waals surface area contributed by atoms with Gasteiger partial charge >= 0.3 is 0 Å². The molecule has 0 aromatic rings. The Morgan fingerprint density at radius 1 is 1.11 bits per heavy atom. The zero-order chi connectivity index (χ0) is 6.27. The minimum Gasteiger partial charge on any atom is -0.328 e. The summed E-state index contributed by atoms with van der Waals surface area (Å²) in [4.78, 5) is 0. The number of nitrogens with one attached hydrogen (secondary N) is 1. The first-order valence-electron chi connectivity index (χ1n) is 3.82. The molecular formula is C7H14N2. The number of rotatable bonds is 0. The van der Waals surface area contributed by atoms with Crippen LogP contribution in [0.5, 0.6) is 0 Å². The van der Waals surface area contributed by atoms with Gasteiger partial charge in [-0.1, -0.05) is 0 Å². The monoisotopic (exact) mass is 126 g/mol. The summed E-state index contributed by atoms with van der Waals surface area (Å²) >= 11 is 0. The molecule has 2 fully saturated rings. The van der Waals surface area contributed by atoms with Crippen LogP contribution in [0.4, 0.5) is 0 Å². The Morgan fingerprint density at radius 3 is 2.22 bits per heavy atom. The lowest BCUT2D eigenvalue weighted by Gasteiger charge is -2.02. The predicted molar refractivity (Wildman–Crippen MR) is 37.1 cm³/mol. The van der Waals surface area contributed by atoms with Gasteiger partial charge in [-0.2, -0.15) is 0 Å². The predicted octanol–water partition coefficient (Wildman–Crippen LogP) is -0.0569. The fourth-order valence-corrected chi connectivity index (χ4v) is 2.21. The van der Waals surface area contributed by atoms with E-state index in [0.29, 0.717) is 6.04 Å². The van der Waals surface area contributed by atoms with Crippen LogP contribution in [-0.2, 0) is 0 Å². The van der Waals surface area contributed by atoms with Crippen molar-refractivity contribution in [2.24, 2.45) is 17.6 Å². The average Bonchev–Trinajstić information content (AvgIpc) is 2.22. The van der Waals surface area contributed by atoms with E-state index in [4.69, 9.17) is 5.73 Å². The van der Waals surface area contributed by atoms with Crippen LogP contribution in [-0.4, -0.2) is 19.1 Å². The Morgan fingerprint density at radius 2 is 1.67 bits per heavy atom. The molecule has 3 atom stereocenters. The van der Waals surface area contributed by atoms with Crippen LogP contribution in [0.15, 0.2) is 0 Å². The van der Waals surface area contributed by atoms with Crippen molar-refractivity contribution in [3.8, 4) is 0 Å². The van der Waals surface area contributed by atoms with Crippen LogP contribution in [0, 0.1) is 11.8 Å².